The molecule has 0 unspecified atom stereocenters. The molecule has 0 amide bonds. The third-order valence-corrected chi connectivity index (χ3v) is 3.81. The normalized spacial score (nSPS) is 17.0. The minimum Gasteiger partial charge on any atom is -0.391 e. The van der Waals surface area contributed by atoms with Crippen LogP contribution in [0.25, 0.3) is 10.9 Å². The van der Waals surface area contributed by atoms with E-state index in [0.29, 0.717) is 10.8 Å². The number of aromatic nitrogens is 1. The summed E-state index contributed by atoms with van der Waals surface area (Å²) >= 11 is 5.97. The molecule has 5 N–H and O–H groups in total. The van der Waals surface area contributed by atoms with E-state index in [-0.39, 0.29) is 0 Å². The van der Waals surface area contributed by atoms with Gasteiger partial charge in [0.05, 0.1) is 17.8 Å². The van der Waals surface area contributed by atoms with Crippen LogP contribution in [0.2, 0.25) is 5.02 Å². The number of nitrogens with zero attached hydrogens (tertiary/aromatic N) is 2. The van der Waals surface area contributed by atoms with Gasteiger partial charge in [0.2, 0.25) is 0 Å². The number of aliphatic hydroxyl groups excluding tert-OH is 4. The third kappa shape index (κ3) is 4.40. The van der Waals surface area contributed by atoms with E-state index < -0.39 is 24.4 Å². The summed E-state index contributed by atoms with van der Waals surface area (Å²) in [7, 11) is 0. The number of hydrogen-bond donors (Lipinski definition) is 5. The highest BCUT2D eigenvalue weighted by Gasteiger charge is 2.26. The number of nitrogens with one attached hydrogen (secondary N) is 1. The molecule has 0 saturated carbocycles. The second-order valence-corrected chi connectivity index (χ2v) is 6.02. The lowest BCUT2D eigenvalue weighted by atomic mass is 10.1. The summed E-state index contributed by atoms with van der Waals surface area (Å²) in [5.74, 6) is 0.455. The zero-order valence-electron chi connectivity index (χ0n) is 13.3. The Bertz CT molecular complexity index is 739. The quantitative estimate of drug-likeness (QED) is 0.391. The van der Waals surface area contributed by atoms with Gasteiger partial charge in [-0.15, -0.1) is 0 Å². The van der Waals surface area contributed by atoms with Crippen molar-refractivity contribution in [3.63, 3.8) is 0 Å². The second-order valence-electron chi connectivity index (χ2n) is 5.59. The largest absolute Gasteiger partial charge is 0.391 e. The van der Waals surface area contributed by atoms with Crippen molar-refractivity contribution in [1.29, 1.82) is 0 Å². The Kier molecular flexibility index (Phi) is 6.09. The van der Waals surface area contributed by atoms with E-state index in [2.05, 4.69) is 15.5 Å². The number of halogens is 1. The SMILES string of the molecule is Cc1cc(N/N=C/[C@@H](O)[C@H](O)[C@H](O)[C@H](C)O)nc2ccc(Cl)cc12. The topological polar surface area (TPSA) is 118 Å². The second kappa shape index (κ2) is 7.87. The fourth-order valence-electron chi connectivity index (χ4n) is 2.18. The molecule has 0 aliphatic carbocycles. The minimum absolute atomic E-state index is 0.455. The van der Waals surface area contributed by atoms with E-state index in [1.165, 1.54) is 6.92 Å². The molecule has 7 nitrogen and oxygen atoms in total. The van der Waals surface area contributed by atoms with Crippen molar-refractivity contribution in [2.24, 2.45) is 5.10 Å². The van der Waals surface area contributed by atoms with Crippen molar-refractivity contribution in [1.82, 2.24) is 4.98 Å². The Balaban J connectivity index is 2.09. The molecule has 2 rings (SSSR count). The van der Waals surface area contributed by atoms with Gasteiger partial charge < -0.3 is 20.4 Å². The zero-order valence-corrected chi connectivity index (χ0v) is 14.0. The Labute approximate surface area is 144 Å². The number of pyridine rings is 1. The molecule has 4 atom stereocenters. The summed E-state index contributed by atoms with van der Waals surface area (Å²) in [6.45, 7) is 3.22. The molecule has 0 spiro atoms. The zero-order chi connectivity index (χ0) is 17.9. The van der Waals surface area contributed by atoms with E-state index in [0.717, 1.165) is 22.7 Å². The van der Waals surface area contributed by atoms with Crippen molar-refractivity contribution in [3.8, 4) is 0 Å². The number of anilines is 1. The summed E-state index contributed by atoms with van der Waals surface area (Å²) in [5, 5.41) is 43.4. The molecule has 0 aliphatic heterocycles. The van der Waals surface area contributed by atoms with Gasteiger partial charge in [0, 0.05) is 10.4 Å². The van der Waals surface area contributed by atoms with Gasteiger partial charge in [-0.05, 0) is 43.7 Å². The summed E-state index contributed by atoms with van der Waals surface area (Å²) < 4.78 is 0. The maximum atomic E-state index is 9.73. The Morgan fingerprint density at radius 3 is 2.54 bits per heavy atom. The standard InChI is InChI=1S/C16H20ClN3O4/c1-8-5-14(19-12-4-3-10(17)6-11(8)12)20-18-7-13(22)16(24)15(23)9(2)21/h3-7,9,13,15-16,21-24H,1-2H3,(H,19,20)/b18-7+/t9-,13+,15+,16-/m0/s1. The Hall–Kier alpha value is -1.77. The highest BCUT2D eigenvalue weighted by Crippen LogP contribution is 2.23. The van der Waals surface area contributed by atoms with Crippen LogP contribution in [-0.2, 0) is 0 Å². The molecule has 8 heteroatoms. The van der Waals surface area contributed by atoms with Crippen molar-refractivity contribution in [2.45, 2.75) is 38.3 Å². The van der Waals surface area contributed by atoms with E-state index in [9.17, 15) is 20.4 Å². The van der Waals surface area contributed by atoms with Crippen molar-refractivity contribution >= 4 is 34.5 Å². The van der Waals surface area contributed by atoms with Gasteiger partial charge in [0.15, 0.2) is 0 Å². The van der Waals surface area contributed by atoms with Gasteiger partial charge in [0.1, 0.15) is 24.1 Å². The first-order valence-corrected chi connectivity index (χ1v) is 7.75. The lowest BCUT2D eigenvalue weighted by molar-refractivity contribution is -0.0820. The van der Waals surface area contributed by atoms with Crippen molar-refractivity contribution < 1.29 is 20.4 Å². The van der Waals surface area contributed by atoms with E-state index in [4.69, 9.17) is 11.6 Å². The maximum Gasteiger partial charge on any atom is 0.147 e. The van der Waals surface area contributed by atoms with Gasteiger partial charge in [0.25, 0.3) is 0 Å². The minimum atomic E-state index is -1.55. The fourth-order valence-corrected chi connectivity index (χ4v) is 2.35. The molecular weight excluding hydrogens is 334 g/mol. The van der Waals surface area contributed by atoms with Crippen molar-refractivity contribution in [3.05, 3.63) is 34.9 Å². The van der Waals surface area contributed by atoms with Gasteiger partial charge in [-0.3, -0.25) is 5.43 Å². The molecule has 0 aliphatic rings. The molecule has 0 radical (unpaired) electrons. The molecule has 1 heterocycles. The van der Waals surface area contributed by atoms with Crippen LogP contribution in [0.5, 0.6) is 0 Å². The molecule has 24 heavy (non-hydrogen) atoms. The molecule has 0 saturated heterocycles. The average molecular weight is 354 g/mol. The Morgan fingerprint density at radius 1 is 1.17 bits per heavy atom. The maximum absolute atomic E-state index is 9.73. The number of aliphatic hydroxyl groups is 4. The van der Waals surface area contributed by atoms with Crippen LogP contribution in [0.1, 0.15) is 12.5 Å². The summed E-state index contributed by atoms with van der Waals surface area (Å²) in [5.41, 5.74) is 4.34. The van der Waals surface area contributed by atoms with Crippen LogP contribution in [0.4, 0.5) is 5.82 Å². The van der Waals surface area contributed by atoms with Crippen LogP contribution in [-0.4, -0.2) is 56.0 Å². The lowest BCUT2D eigenvalue weighted by Crippen LogP contribution is -2.44. The van der Waals surface area contributed by atoms with Gasteiger partial charge >= 0.3 is 0 Å². The van der Waals surface area contributed by atoms with Crippen LogP contribution < -0.4 is 5.43 Å². The average Bonchev–Trinajstić information content (AvgIpc) is 2.54. The van der Waals surface area contributed by atoms with Crippen molar-refractivity contribution in [2.75, 3.05) is 5.43 Å². The lowest BCUT2D eigenvalue weighted by Gasteiger charge is -2.22. The van der Waals surface area contributed by atoms with Crippen LogP contribution >= 0.6 is 11.6 Å². The van der Waals surface area contributed by atoms with Gasteiger partial charge in [-0.1, -0.05) is 11.6 Å². The predicted octanol–water partition coefficient (Wildman–Crippen LogP) is 1.06. The summed E-state index contributed by atoms with van der Waals surface area (Å²) in [6.07, 6.45) is -4.62. The number of fused-ring (bicyclic) bond motifs is 1. The fraction of sp³-hybridized carbons (Fsp3) is 0.375. The number of hydrogen-bond acceptors (Lipinski definition) is 7. The summed E-state index contributed by atoms with van der Waals surface area (Å²) in [4.78, 5) is 4.37. The molecule has 0 fully saturated rings. The molecule has 0 bridgehead atoms. The number of hydrazone groups is 1. The third-order valence-electron chi connectivity index (χ3n) is 3.58. The molecule has 130 valence electrons. The highest BCUT2D eigenvalue weighted by atomic mass is 35.5. The summed E-state index contributed by atoms with van der Waals surface area (Å²) in [6, 6.07) is 7.12. The molecule has 1 aromatic carbocycles. The number of aryl methyl sites for hydroxylation is 1. The smallest absolute Gasteiger partial charge is 0.147 e. The monoisotopic (exact) mass is 353 g/mol. The molecule has 1 aromatic heterocycles. The molecule has 2 aromatic rings. The van der Waals surface area contributed by atoms with E-state index in [1.807, 2.05) is 13.0 Å². The predicted molar refractivity (Wildman–Crippen MR) is 93.3 cm³/mol. The molecular formula is C16H20ClN3O4. The first kappa shape index (κ1) is 18.6. The number of rotatable bonds is 6. The first-order chi connectivity index (χ1) is 11.3. The first-order valence-electron chi connectivity index (χ1n) is 7.38. The van der Waals surface area contributed by atoms with E-state index in [1.54, 1.807) is 18.2 Å². The van der Waals surface area contributed by atoms with Crippen LogP contribution in [0.15, 0.2) is 29.4 Å². The Morgan fingerprint density at radius 2 is 1.88 bits per heavy atom. The van der Waals surface area contributed by atoms with E-state index >= 15 is 0 Å². The van der Waals surface area contributed by atoms with Crippen LogP contribution in [0, 0.1) is 6.92 Å². The number of benzene rings is 1. The van der Waals surface area contributed by atoms with Crippen LogP contribution in [0.3, 0.4) is 0 Å². The van der Waals surface area contributed by atoms with Gasteiger partial charge in [-0.25, -0.2) is 4.98 Å². The van der Waals surface area contributed by atoms with Gasteiger partial charge in [-0.2, -0.15) is 5.10 Å². The highest BCUT2D eigenvalue weighted by molar-refractivity contribution is 6.31.